The number of anilines is 1. The number of nitrogens with one attached hydrogen (secondary N) is 3. The van der Waals surface area contributed by atoms with E-state index in [4.69, 9.17) is 11.6 Å². The Morgan fingerprint density at radius 3 is 3.03 bits per heavy atom. The Morgan fingerprint density at radius 1 is 1.28 bits per heavy atom. The lowest BCUT2D eigenvalue weighted by atomic mass is 10.1. The van der Waals surface area contributed by atoms with Crippen LogP contribution in [-0.4, -0.2) is 52.4 Å². The maximum atomic E-state index is 12.3. The number of carbonyl (C=O) groups is 2. The quantitative estimate of drug-likeness (QED) is 0.595. The number of aromatic amines is 1. The minimum Gasteiger partial charge on any atom is -0.354 e. The smallest absolute Gasteiger partial charge is 0.251 e. The number of benzene rings is 1. The van der Waals surface area contributed by atoms with E-state index in [0.717, 1.165) is 36.2 Å². The van der Waals surface area contributed by atoms with Gasteiger partial charge >= 0.3 is 0 Å². The van der Waals surface area contributed by atoms with Crippen molar-refractivity contribution in [3.63, 3.8) is 0 Å². The summed E-state index contributed by atoms with van der Waals surface area (Å²) in [4.78, 5) is 38.4. The Morgan fingerprint density at radius 2 is 2.17 bits per heavy atom. The number of rotatable bonds is 5. The van der Waals surface area contributed by atoms with Crippen LogP contribution >= 0.6 is 11.6 Å². The Bertz CT molecular complexity index is 1040. The van der Waals surface area contributed by atoms with Crippen LogP contribution < -0.4 is 15.5 Å². The summed E-state index contributed by atoms with van der Waals surface area (Å²) in [5, 5.41) is 7.08. The highest BCUT2D eigenvalue weighted by molar-refractivity contribution is 6.31. The molecule has 3 N–H and O–H groups in total. The predicted octanol–water partition coefficient (Wildman–Crippen LogP) is 2.13. The van der Waals surface area contributed by atoms with E-state index in [1.807, 2.05) is 12.3 Å². The van der Waals surface area contributed by atoms with Gasteiger partial charge < -0.3 is 20.5 Å². The average molecular weight is 413 g/mol. The summed E-state index contributed by atoms with van der Waals surface area (Å²) in [5.41, 5.74) is 1.22. The lowest BCUT2D eigenvalue weighted by Crippen LogP contribution is -2.50. The van der Waals surface area contributed by atoms with Crippen LogP contribution in [0, 0.1) is 0 Å². The maximum Gasteiger partial charge on any atom is 0.251 e. The molecule has 0 spiro atoms. The first-order valence-corrected chi connectivity index (χ1v) is 9.84. The number of fused-ring (bicyclic) bond motifs is 1. The first kappa shape index (κ1) is 19.2. The molecule has 4 rings (SSSR count). The largest absolute Gasteiger partial charge is 0.354 e. The molecule has 1 unspecified atom stereocenters. The number of amides is 2. The number of carbonyl (C=O) groups excluding carboxylic acids is 2. The van der Waals surface area contributed by atoms with Crippen LogP contribution in [0.5, 0.6) is 0 Å². The first-order valence-electron chi connectivity index (χ1n) is 9.46. The molecule has 0 saturated carbocycles. The fourth-order valence-electron chi connectivity index (χ4n) is 3.57. The standard InChI is InChI=1S/C20H21ClN6O2/c21-14-4-1-3-13(9-14)20(29)23-10-17(28)26-15-5-2-8-27(11-15)19-16-6-7-22-18(16)24-12-25-19/h1,3-4,6-7,9,12,15H,2,5,8,10-11H2,(H,23,29)(H,26,28)(H,22,24,25). The summed E-state index contributed by atoms with van der Waals surface area (Å²) in [6.45, 7) is 1.44. The molecule has 0 radical (unpaired) electrons. The van der Waals surface area contributed by atoms with Gasteiger partial charge in [-0.25, -0.2) is 9.97 Å². The fourth-order valence-corrected chi connectivity index (χ4v) is 3.76. The molecule has 1 aromatic carbocycles. The van der Waals surface area contributed by atoms with E-state index in [0.29, 0.717) is 17.1 Å². The molecule has 1 atom stereocenters. The van der Waals surface area contributed by atoms with Gasteiger partial charge in [0.2, 0.25) is 5.91 Å². The van der Waals surface area contributed by atoms with Crippen molar-refractivity contribution in [2.24, 2.45) is 0 Å². The molecule has 150 valence electrons. The van der Waals surface area contributed by atoms with E-state index in [9.17, 15) is 9.59 Å². The van der Waals surface area contributed by atoms with Crippen LogP contribution in [0.1, 0.15) is 23.2 Å². The minimum absolute atomic E-state index is 0.0109. The van der Waals surface area contributed by atoms with E-state index in [1.54, 1.807) is 30.6 Å². The normalized spacial score (nSPS) is 16.6. The van der Waals surface area contributed by atoms with Crippen molar-refractivity contribution in [2.75, 3.05) is 24.5 Å². The molecule has 3 heterocycles. The SMILES string of the molecule is O=C(CNC(=O)c1cccc(Cl)c1)NC1CCCN(c2ncnc3[nH]ccc23)C1. The minimum atomic E-state index is -0.330. The predicted molar refractivity (Wildman–Crippen MR) is 111 cm³/mol. The van der Waals surface area contributed by atoms with Crippen molar-refractivity contribution in [3.05, 3.63) is 53.4 Å². The molecule has 29 heavy (non-hydrogen) atoms. The molecule has 0 bridgehead atoms. The molecular formula is C20H21ClN6O2. The molecule has 9 heteroatoms. The lowest BCUT2D eigenvalue weighted by molar-refractivity contribution is -0.120. The number of hydrogen-bond donors (Lipinski definition) is 3. The summed E-state index contributed by atoms with van der Waals surface area (Å²) in [6.07, 6.45) is 5.21. The van der Waals surface area contributed by atoms with Crippen LogP contribution in [0.15, 0.2) is 42.9 Å². The van der Waals surface area contributed by atoms with Crippen LogP contribution in [0.4, 0.5) is 5.82 Å². The van der Waals surface area contributed by atoms with Gasteiger partial charge in [-0.1, -0.05) is 17.7 Å². The number of aromatic nitrogens is 3. The molecule has 2 amide bonds. The molecule has 1 fully saturated rings. The summed E-state index contributed by atoms with van der Waals surface area (Å²) in [7, 11) is 0. The zero-order valence-corrected chi connectivity index (χ0v) is 16.4. The van der Waals surface area contributed by atoms with Crippen molar-refractivity contribution < 1.29 is 9.59 Å². The second kappa shape index (κ2) is 8.48. The summed E-state index contributed by atoms with van der Waals surface area (Å²) in [5.74, 6) is 0.315. The average Bonchev–Trinajstić information content (AvgIpc) is 3.21. The van der Waals surface area contributed by atoms with Crippen molar-refractivity contribution in [2.45, 2.75) is 18.9 Å². The van der Waals surface area contributed by atoms with Crippen LogP contribution in [0.2, 0.25) is 5.02 Å². The van der Waals surface area contributed by atoms with Gasteiger partial charge in [0.05, 0.1) is 11.9 Å². The van der Waals surface area contributed by atoms with E-state index in [1.165, 1.54) is 0 Å². The van der Waals surface area contributed by atoms with E-state index in [-0.39, 0.29) is 24.4 Å². The van der Waals surface area contributed by atoms with Gasteiger partial charge in [0.15, 0.2) is 0 Å². The Kier molecular flexibility index (Phi) is 5.62. The number of piperidine rings is 1. The second-order valence-electron chi connectivity index (χ2n) is 6.98. The third kappa shape index (κ3) is 4.48. The number of halogens is 1. The van der Waals surface area contributed by atoms with Crippen LogP contribution in [0.25, 0.3) is 11.0 Å². The number of hydrogen-bond acceptors (Lipinski definition) is 5. The summed E-state index contributed by atoms with van der Waals surface area (Å²) in [6, 6.07) is 8.56. The van der Waals surface area contributed by atoms with Crippen LogP contribution in [0.3, 0.4) is 0 Å². The highest BCUT2D eigenvalue weighted by Gasteiger charge is 2.24. The third-order valence-corrected chi connectivity index (χ3v) is 5.15. The van der Waals surface area contributed by atoms with Gasteiger partial charge in [-0.2, -0.15) is 0 Å². The first-order chi connectivity index (χ1) is 14.1. The van der Waals surface area contributed by atoms with E-state index < -0.39 is 0 Å². The van der Waals surface area contributed by atoms with Crippen LogP contribution in [-0.2, 0) is 4.79 Å². The highest BCUT2D eigenvalue weighted by atomic mass is 35.5. The van der Waals surface area contributed by atoms with Gasteiger partial charge in [-0.15, -0.1) is 0 Å². The molecule has 1 saturated heterocycles. The van der Waals surface area contributed by atoms with Gasteiger partial charge in [0.1, 0.15) is 17.8 Å². The van der Waals surface area contributed by atoms with Crippen molar-refractivity contribution in [1.29, 1.82) is 0 Å². The third-order valence-electron chi connectivity index (χ3n) is 4.92. The summed E-state index contributed by atoms with van der Waals surface area (Å²) >= 11 is 5.90. The van der Waals surface area contributed by atoms with Crippen molar-refractivity contribution in [3.8, 4) is 0 Å². The molecule has 1 aliphatic heterocycles. The Balaban J connectivity index is 1.33. The highest BCUT2D eigenvalue weighted by Crippen LogP contribution is 2.25. The number of nitrogens with zero attached hydrogens (tertiary/aromatic N) is 3. The van der Waals surface area contributed by atoms with Gasteiger partial charge in [-0.05, 0) is 37.1 Å². The lowest BCUT2D eigenvalue weighted by Gasteiger charge is -2.34. The summed E-state index contributed by atoms with van der Waals surface area (Å²) < 4.78 is 0. The van der Waals surface area contributed by atoms with Gasteiger partial charge in [0, 0.05) is 35.9 Å². The van der Waals surface area contributed by atoms with Gasteiger partial charge in [0.25, 0.3) is 5.91 Å². The second-order valence-corrected chi connectivity index (χ2v) is 7.42. The fraction of sp³-hybridized carbons (Fsp3) is 0.300. The van der Waals surface area contributed by atoms with Gasteiger partial charge in [-0.3, -0.25) is 9.59 Å². The van der Waals surface area contributed by atoms with E-state index >= 15 is 0 Å². The maximum absolute atomic E-state index is 12.3. The molecule has 8 nitrogen and oxygen atoms in total. The molecule has 2 aromatic heterocycles. The molecule has 3 aromatic rings. The van der Waals surface area contributed by atoms with E-state index in [2.05, 4.69) is 30.5 Å². The van der Waals surface area contributed by atoms with Crippen molar-refractivity contribution >= 4 is 40.3 Å². The van der Waals surface area contributed by atoms with Crippen molar-refractivity contribution in [1.82, 2.24) is 25.6 Å². The topological polar surface area (TPSA) is 103 Å². The molecule has 0 aliphatic carbocycles. The molecular weight excluding hydrogens is 392 g/mol. The zero-order valence-electron chi connectivity index (χ0n) is 15.7. The number of H-pyrrole nitrogens is 1. The molecule has 1 aliphatic rings. The monoisotopic (exact) mass is 412 g/mol. The zero-order chi connectivity index (χ0) is 20.2. The Hall–Kier alpha value is -3.13. The Labute approximate surface area is 172 Å².